The SMILES string of the molecule is CCC(C#N)Oc1ccc(Cl)c(C(=O)O)c1. The summed E-state index contributed by atoms with van der Waals surface area (Å²) in [5.41, 5.74) is -0.0352. The molecule has 1 rings (SSSR count). The van der Waals surface area contributed by atoms with Crippen molar-refractivity contribution >= 4 is 17.6 Å². The van der Waals surface area contributed by atoms with Crippen molar-refractivity contribution in [1.82, 2.24) is 0 Å². The minimum Gasteiger partial charge on any atom is -0.478 e. The predicted octanol–water partition coefficient (Wildman–Crippen LogP) is 2.72. The van der Waals surface area contributed by atoms with Crippen molar-refractivity contribution in [1.29, 1.82) is 5.26 Å². The Labute approximate surface area is 98.0 Å². The Kier molecular flexibility index (Phi) is 4.15. The average molecular weight is 240 g/mol. The summed E-state index contributed by atoms with van der Waals surface area (Å²) in [6.45, 7) is 1.81. The van der Waals surface area contributed by atoms with Crippen molar-refractivity contribution in [2.75, 3.05) is 0 Å². The van der Waals surface area contributed by atoms with Crippen LogP contribution in [0.3, 0.4) is 0 Å². The molecule has 1 atom stereocenters. The molecular formula is C11H10ClNO3. The van der Waals surface area contributed by atoms with Crippen molar-refractivity contribution < 1.29 is 14.6 Å². The summed E-state index contributed by atoms with van der Waals surface area (Å²) in [6.07, 6.45) is -0.0514. The van der Waals surface area contributed by atoms with Gasteiger partial charge < -0.3 is 9.84 Å². The molecule has 1 N–H and O–H groups in total. The van der Waals surface area contributed by atoms with E-state index in [-0.39, 0.29) is 10.6 Å². The van der Waals surface area contributed by atoms with Crippen LogP contribution in [-0.4, -0.2) is 17.2 Å². The van der Waals surface area contributed by atoms with E-state index in [0.717, 1.165) is 0 Å². The Morgan fingerprint density at radius 3 is 2.88 bits per heavy atom. The van der Waals surface area contributed by atoms with E-state index in [4.69, 9.17) is 26.7 Å². The van der Waals surface area contributed by atoms with E-state index in [2.05, 4.69) is 0 Å². The Morgan fingerprint density at radius 2 is 2.38 bits per heavy atom. The number of rotatable bonds is 4. The number of hydrogen-bond acceptors (Lipinski definition) is 3. The van der Waals surface area contributed by atoms with Crippen LogP contribution in [0.1, 0.15) is 23.7 Å². The Morgan fingerprint density at radius 1 is 1.69 bits per heavy atom. The Bertz CT molecular complexity index is 439. The fourth-order valence-corrected chi connectivity index (χ4v) is 1.31. The standard InChI is InChI=1S/C11H10ClNO3/c1-2-7(6-13)16-8-3-4-10(12)9(5-8)11(14)15/h3-5,7H,2H2,1H3,(H,14,15). The summed E-state index contributed by atoms with van der Waals surface area (Å²) in [6, 6.07) is 6.24. The van der Waals surface area contributed by atoms with Crippen LogP contribution in [0.15, 0.2) is 18.2 Å². The first-order chi connectivity index (χ1) is 7.58. The van der Waals surface area contributed by atoms with Gasteiger partial charge in [-0.2, -0.15) is 5.26 Å². The number of aromatic carboxylic acids is 1. The van der Waals surface area contributed by atoms with Gasteiger partial charge >= 0.3 is 5.97 Å². The Balaban J connectivity index is 2.96. The van der Waals surface area contributed by atoms with E-state index in [1.165, 1.54) is 18.2 Å². The number of ether oxygens (including phenoxy) is 1. The van der Waals surface area contributed by atoms with Gasteiger partial charge in [0.2, 0.25) is 0 Å². The van der Waals surface area contributed by atoms with Crippen LogP contribution in [0, 0.1) is 11.3 Å². The molecule has 0 saturated carbocycles. The molecule has 16 heavy (non-hydrogen) atoms. The molecule has 4 nitrogen and oxygen atoms in total. The largest absolute Gasteiger partial charge is 0.478 e. The number of benzene rings is 1. The van der Waals surface area contributed by atoms with E-state index in [1.54, 1.807) is 0 Å². The molecule has 0 amide bonds. The molecule has 0 fully saturated rings. The molecule has 1 unspecified atom stereocenters. The molecule has 0 heterocycles. The number of halogens is 1. The average Bonchev–Trinajstić information content (AvgIpc) is 2.27. The summed E-state index contributed by atoms with van der Waals surface area (Å²) < 4.78 is 5.28. The Hall–Kier alpha value is -1.73. The quantitative estimate of drug-likeness (QED) is 0.877. The monoisotopic (exact) mass is 239 g/mol. The van der Waals surface area contributed by atoms with Crippen molar-refractivity contribution in [3.8, 4) is 11.8 Å². The van der Waals surface area contributed by atoms with E-state index in [0.29, 0.717) is 12.2 Å². The molecule has 5 heteroatoms. The first-order valence-electron chi connectivity index (χ1n) is 4.67. The van der Waals surface area contributed by atoms with Gasteiger partial charge in [-0.15, -0.1) is 0 Å². The van der Waals surface area contributed by atoms with Crippen molar-refractivity contribution in [2.24, 2.45) is 0 Å². The second-order valence-corrected chi connectivity index (χ2v) is 3.50. The van der Waals surface area contributed by atoms with Gasteiger partial charge in [-0.05, 0) is 24.6 Å². The number of carboxylic acid groups (broad SMARTS) is 1. The predicted molar refractivity (Wildman–Crippen MR) is 58.7 cm³/mol. The zero-order chi connectivity index (χ0) is 12.1. The molecule has 0 bridgehead atoms. The van der Waals surface area contributed by atoms with Crippen LogP contribution < -0.4 is 4.74 Å². The number of carbonyl (C=O) groups is 1. The summed E-state index contributed by atoms with van der Waals surface area (Å²) in [5, 5.41) is 17.7. The third-order valence-corrected chi connectivity index (χ3v) is 2.29. The minimum absolute atomic E-state index is 0.0352. The van der Waals surface area contributed by atoms with E-state index in [1.807, 2.05) is 13.0 Å². The first kappa shape index (κ1) is 12.3. The van der Waals surface area contributed by atoms with Gasteiger partial charge in [0, 0.05) is 0 Å². The van der Waals surface area contributed by atoms with Crippen LogP contribution >= 0.6 is 11.6 Å². The molecule has 84 valence electrons. The lowest BCUT2D eigenvalue weighted by molar-refractivity contribution is 0.0696. The lowest BCUT2D eigenvalue weighted by atomic mass is 10.2. The normalized spacial score (nSPS) is 11.6. The molecule has 0 radical (unpaired) electrons. The van der Waals surface area contributed by atoms with Crippen molar-refractivity contribution in [2.45, 2.75) is 19.4 Å². The number of carboxylic acids is 1. The molecule has 0 aliphatic heterocycles. The molecule has 1 aromatic rings. The minimum atomic E-state index is -1.12. The second-order valence-electron chi connectivity index (χ2n) is 3.09. The fourth-order valence-electron chi connectivity index (χ4n) is 1.11. The molecule has 0 spiro atoms. The van der Waals surface area contributed by atoms with Gasteiger partial charge in [0.25, 0.3) is 0 Å². The number of nitriles is 1. The molecule has 0 aliphatic carbocycles. The van der Waals surface area contributed by atoms with Crippen LogP contribution in [-0.2, 0) is 0 Å². The zero-order valence-electron chi connectivity index (χ0n) is 8.61. The third-order valence-electron chi connectivity index (χ3n) is 1.96. The van der Waals surface area contributed by atoms with Crippen LogP contribution in [0.5, 0.6) is 5.75 Å². The van der Waals surface area contributed by atoms with Crippen LogP contribution in [0.25, 0.3) is 0 Å². The summed E-state index contributed by atoms with van der Waals surface area (Å²) >= 11 is 5.69. The fraction of sp³-hybridized carbons (Fsp3) is 0.273. The third kappa shape index (κ3) is 2.88. The van der Waals surface area contributed by atoms with Gasteiger partial charge in [0.05, 0.1) is 10.6 Å². The van der Waals surface area contributed by atoms with E-state index in [9.17, 15) is 4.79 Å². The molecule has 0 aliphatic rings. The summed E-state index contributed by atoms with van der Waals surface area (Å²) in [7, 11) is 0. The summed E-state index contributed by atoms with van der Waals surface area (Å²) in [5.74, 6) is -0.796. The number of nitrogens with zero attached hydrogens (tertiary/aromatic N) is 1. The summed E-state index contributed by atoms with van der Waals surface area (Å²) in [4.78, 5) is 10.8. The van der Waals surface area contributed by atoms with Crippen LogP contribution in [0.2, 0.25) is 5.02 Å². The molecule has 0 saturated heterocycles. The highest BCUT2D eigenvalue weighted by molar-refractivity contribution is 6.33. The number of hydrogen-bond donors (Lipinski definition) is 1. The lowest BCUT2D eigenvalue weighted by Gasteiger charge is -2.11. The lowest BCUT2D eigenvalue weighted by Crippen LogP contribution is -2.12. The van der Waals surface area contributed by atoms with Crippen molar-refractivity contribution in [3.05, 3.63) is 28.8 Å². The maximum absolute atomic E-state index is 10.8. The van der Waals surface area contributed by atoms with Gasteiger partial charge in [0.15, 0.2) is 6.10 Å². The molecule has 0 aromatic heterocycles. The zero-order valence-corrected chi connectivity index (χ0v) is 9.36. The van der Waals surface area contributed by atoms with E-state index < -0.39 is 12.1 Å². The molecular weight excluding hydrogens is 230 g/mol. The van der Waals surface area contributed by atoms with Gasteiger partial charge in [-0.3, -0.25) is 0 Å². The highest BCUT2D eigenvalue weighted by Crippen LogP contribution is 2.23. The maximum Gasteiger partial charge on any atom is 0.337 e. The second kappa shape index (κ2) is 5.38. The molecule has 1 aromatic carbocycles. The highest BCUT2D eigenvalue weighted by atomic mass is 35.5. The van der Waals surface area contributed by atoms with Crippen molar-refractivity contribution in [3.63, 3.8) is 0 Å². The van der Waals surface area contributed by atoms with E-state index >= 15 is 0 Å². The van der Waals surface area contributed by atoms with Gasteiger partial charge in [-0.1, -0.05) is 18.5 Å². The first-order valence-corrected chi connectivity index (χ1v) is 5.05. The van der Waals surface area contributed by atoms with Gasteiger partial charge in [0.1, 0.15) is 11.8 Å². The highest BCUT2D eigenvalue weighted by Gasteiger charge is 2.12. The smallest absolute Gasteiger partial charge is 0.337 e. The van der Waals surface area contributed by atoms with Gasteiger partial charge in [-0.25, -0.2) is 4.79 Å². The maximum atomic E-state index is 10.8. The topological polar surface area (TPSA) is 70.3 Å². The van der Waals surface area contributed by atoms with Crippen LogP contribution in [0.4, 0.5) is 0 Å².